The zero-order valence-corrected chi connectivity index (χ0v) is 9.58. The van der Waals surface area contributed by atoms with E-state index in [1.54, 1.807) is 0 Å². The number of hydrogen-bond acceptors (Lipinski definition) is 2. The molecular weight excluding hydrogens is 264 g/mol. The molecule has 0 amide bonds. The van der Waals surface area contributed by atoms with E-state index in [2.05, 4.69) is 0 Å². The van der Waals surface area contributed by atoms with E-state index in [0.717, 1.165) is 0 Å². The molecule has 0 bridgehead atoms. The van der Waals surface area contributed by atoms with Gasteiger partial charge in [0.15, 0.2) is 28.2 Å². The van der Waals surface area contributed by atoms with Gasteiger partial charge in [-0.2, -0.15) is 8.42 Å². The van der Waals surface area contributed by atoms with Crippen molar-refractivity contribution in [3.63, 3.8) is 0 Å². The predicted octanol–water partition coefficient (Wildman–Crippen LogP) is 2.61. The lowest BCUT2D eigenvalue weighted by molar-refractivity contribution is 0.390. The first-order valence-electron chi connectivity index (χ1n) is 4.42. The van der Waals surface area contributed by atoms with Crippen LogP contribution in [0.15, 0.2) is 4.90 Å². The molecule has 1 rings (SSSR count). The molecule has 17 heavy (non-hydrogen) atoms. The van der Waals surface area contributed by atoms with Gasteiger partial charge >= 0.3 is 10.1 Å². The summed E-state index contributed by atoms with van der Waals surface area (Å²) in [6, 6.07) is 0. The number of hydrogen-bond donors (Lipinski definition) is 1. The van der Waals surface area contributed by atoms with Crippen molar-refractivity contribution in [2.45, 2.75) is 24.7 Å². The molecule has 0 radical (unpaired) electrons. The van der Waals surface area contributed by atoms with E-state index < -0.39 is 49.8 Å². The molecule has 0 heterocycles. The highest BCUT2D eigenvalue weighted by Gasteiger charge is 2.32. The first-order valence-corrected chi connectivity index (χ1v) is 5.86. The van der Waals surface area contributed by atoms with Gasteiger partial charge in [-0.25, -0.2) is 17.6 Å². The lowest BCUT2D eigenvalue weighted by atomic mass is 10.0. The second-order valence-electron chi connectivity index (χ2n) is 3.63. The van der Waals surface area contributed by atoms with Crippen molar-refractivity contribution in [2.24, 2.45) is 0 Å². The molecule has 0 saturated carbocycles. The van der Waals surface area contributed by atoms with E-state index in [-0.39, 0.29) is 0 Å². The van der Waals surface area contributed by atoms with Gasteiger partial charge in [0.05, 0.1) is 0 Å². The van der Waals surface area contributed by atoms with Crippen molar-refractivity contribution in [1.82, 2.24) is 0 Å². The number of rotatable bonds is 2. The summed E-state index contributed by atoms with van der Waals surface area (Å²) in [4.78, 5) is -2.02. The number of benzene rings is 1. The van der Waals surface area contributed by atoms with Gasteiger partial charge in [0.25, 0.3) is 0 Å². The molecule has 0 aliphatic heterocycles. The second-order valence-corrected chi connectivity index (χ2v) is 4.99. The minimum atomic E-state index is -5.38. The van der Waals surface area contributed by atoms with Crippen LogP contribution < -0.4 is 0 Å². The molecule has 0 aliphatic rings. The molecule has 3 nitrogen and oxygen atoms in total. The third-order valence-electron chi connectivity index (χ3n) is 2.09. The van der Waals surface area contributed by atoms with Gasteiger partial charge in [0.2, 0.25) is 0 Å². The zero-order valence-electron chi connectivity index (χ0n) is 8.76. The van der Waals surface area contributed by atoms with Crippen LogP contribution >= 0.6 is 0 Å². The highest BCUT2D eigenvalue weighted by molar-refractivity contribution is 7.85. The molecule has 0 fully saturated rings. The Morgan fingerprint density at radius 2 is 1.29 bits per heavy atom. The summed E-state index contributed by atoms with van der Waals surface area (Å²) in [5.74, 6) is -8.81. The highest BCUT2D eigenvalue weighted by atomic mass is 32.2. The summed E-state index contributed by atoms with van der Waals surface area (Å²) in [5, 5.41) is 0. The molecule has 1 aromatic carbocycles. The molecule has 1 aromatic rings. The lowest BCUT2D eigenvalue weighted by Gasteiger charge is -2.12. The molecular formula is C9H8F4O3S. The summed E-state index contributed by atoms with van der Waals surface area (Å²) >= 11 is 0. The second kappa shape index (κ2) is 4.26. The Morgan fingerprint density at radius 1 is 0.941 bits per heavy atom. The van der Waals surface area contributed by atoms with Crippen molar-refractivity contribution < 1.29 is 30.5 Å². The molecule has 0 aliphatic carbocycles. The highest BCUT2D eigenvalue weighted by Crippen LogP contribution is 2.31. The lowest BCUT2D eigenvalue weighted by Crippen LogP contribution is -2.13. The van der Waals surface area contributed by atoms with Crippen LogP contribution in [0.25, 0.3) is 0 Å². The number of halogens is 4. The van der Waals surface area contributed by atoms with Crippen molar-refractivity contribution in [1.29, 1.82) is 0 Å². The standard InChI is InChI=1S/C9H8F4O3S/c1-3(2)4-5(10)7(12)9(17(14,15)16)8(13)6(4)11/h3H,1-2H3,(H,14,15,16). The van der Waals surface area contributed by atoms with Gasteiger partial charge in [-0.3, -0.25) is 4.55 Å². The average Bonchev–Trinajstić information content (AvgIpc) is 2.12. The Hall–Kier alpha value is -1.15. The van der Waals surface area contributed by atoms with E-state index >= 15 is 0 Å². The molecule has 0 atom stereocenters. The van der Waals surface area contributed by atoms with E-state index in [0.29, 0.717) is 0 Å². The summed E-state index contributed by atoms with van der Waals surface area (Å²) in [6.07, 6.45) is 0. The van der Waals surface area contributed by atoms with Crippen LogP contribution in [0.5, 0.6) is 0 Å². The first kappa shape index (κ1) is 13.9. The van der Waals surface area contributed by atoms with E-state index in [1.807, 2.05) is 0 Å². The van der Waals surface area contributed by atoms with E-state index in [4.69, 9.17) is 4.55 Å². The minimum absolute atomic E-state index is 0.894. The van der Waals surface area contributed by atoms with Gasteiger partial charge in [-0.05, 0) is 5.92 Å². The van der Waals surface area contributed by atoms with Crippen LogP contribution in [0.4, 0.5) is 17.6 Å². The third kappa shape index (κ3) is 2.27. The maximum atomic E-state index is 13.3. The summed E-state index contributed by atoms with van der Waals surface area (Å²) < 4.78 is 82.8. The monoisotopic (exact) mass is 272 g/mol. The summed E-state index contributed by atoms with van der Waals surface area (Å²) in [7, 11) is -5.38. The van der Waals surface area contributed by atoms with Crippen molar-refractivity contribution in [3.8, 4) is 0 Å². The van der Waals surface area contributed by atoms with Gasteiger partial charge < -0.3 is 0 Å². The van der Waals surface area contributed by atoms with Gasteiger partial charge in [-0.1, -0.05) is 13.8 Å². The quantitative estimate of drug-likeness (QED) is 0.511. The molecule has 8 heteroatoms. The first-order chi connectivity index (χ1) is 7.59. The summed E-state index contributed by atoms with van der Waals surface area (Å²) in [5.41, 5.74) is -0.910. The Labute approximate surface area is 94.8 Å². The van der Waals surface area contributed by atoms with Gasteiger partial charge in [0.1, 0.15) is 0 Å². The Balaban J connectivity index is 3.84. The largest absolute Gasteiger partial charge is 0.300 e. The van der Waals surface area contributed by atoms with E-state index in [9.17, 15) is 26.0 Å². The Bertz CT molecular complexity index is 537. The molecule has 0 spiro atoms. The van der Waals surface area contributed by atoms with Crippen molar-refractivity contribution in [3.05, 3.63) is 28.8 Å². The van der Waals surface area contributed by atoms with Crippen LogP contribution in [-0.2, 0) is 10.1 Å². The molecule has 96 valence electrons. The van der Waals surface area contributed by atoms with E-state index in [1.165, 1.54) is 13.8 Å². The maximum Gasteiger partial charge on any atom is 0.300 e. The van der Waals surface area contributed by atoms with Crippen LogP contribution in [0.3, 0.4) is 0 Å². The minimum Gasteiger partial charge on any atom is -0.282 e. The molecule has 0 unspecified atom stereocenters. The molecule has 0 saturated heterocycles. The van der Waals surface area contributed by atoms with Crippen LogP contribution in [0.2, 0.25) is 0 Å². The fourth-order valence-corrected chi connectivity index (χ4v) is 1.99. The van der Waals surface area contributed by atoms with Crippen molar-refractivity contribution >= 4 is 10.1 Å². The van der Waals surface area contributed by atoms with Crippen molar-refractivity contribution in [2.75, 3.05) is 0 Å². The fraction of sp³-hybridized carbons (Fsp3) is 0.333. The van der Waals surface area contributed by atoms with Gasteiger partial charge in [-0.15, -0.1) is 0 Å². The molecule has 1 N–H and O–H groups in total. The SMILES string of the molecule is CC(C)c1c(F)c(F)c(S(=O)(=O)O)c(F)c1F. The molecule has 0 aromatic heterocycles. The summed E-state index contributed by atoms with van der Waals surface area (Å²) in [6.45, 7) is 2.54. The van der Waals surface area contributed by atoms with Crippen LogP contribution in [0.1, 0.15) is 25.3 Å². The van der Waals surface area contributed by atoms with Crippen LogP contribution in [-0.4, -0.2) is 13.0 Å². The Morgan fingerprint density at radius 3 is 1.53 bits per heavy atom. The Kier molecular flexibility index (Phi) is 3.49. The zero-order chi connectivity index (χ0) is 13.5. The normalized spacial score (nSPS) is 12.2. The fourth-order valence-electron chi connectivity index (χ4n) is 1.36. The average molecular weight is 272 g/mol. The van der Waals surface area contributed by atoms with Crippen LogP contribution in [0, 0.1) is 23.3 Å². The van der Waals surface area contributed by atoms with Gasteiger partial charge in [0, 0.05) is 5.56 Å². The topological polar surface area (TPSA) is 54.4 Å². The third-order valence-corrected chi connectivity index (χ3v) is 2.97. The predicted molar refractivity (Wildman–Crippen MR) is 50.2 cm³/mol. The smallest absolute Gasteiger partial charge is 0.282 e. The maximum absolute atomic E-state index is 13.3.